The largest absolute Gasteiger partial charge is 0.355 e. The van der Waals surface area contributed by atoms with Gasteiger partial charge in [-0.25, -0.2) is 8.42 Å². The fourth-order valence-corrected chi connectivity index (χ4v) is 4.95. The van der Waals surface area contributed by atoms with Crippen molar-refractivity contribution in [3.05, 3.63) is 28.8 Å². The van der Waals surface area contributed by atoms with E-state index in [1.165, 1.54) is 22.5 Å². The van der Waals surface area contributed by atoms with Crippen LogP contribution in [-0.4, -0.2) is 50.2 Å². The van der Waals surface area contributed by atoms with Crippen LogP contribution in [0.5, 0.6) is 0 Å². The van der Waals surface area contributed by atoms with Crippen LogP contribution in [0, 0.1) is 0 Å². The summed E-state index contributed by atoms with van der Waals surface area (Å²) in [5.74, 6) is -0.838. The molecule has 150 valence electrons. The highest BCUT2D eigenvalue weighted by Crippen LogP contribution is 2.27. The first kappa shape index (κ1) is 21.7. The van der Waals surface area contributed by atoms with Gasteiger partial charge < -0.3 is 10.6 Å². The molecule has 1 aromatic rings. The van der Waals surface area contributed by atoms with Gasteiger partial charge in [0.25, 0.3) is 5.91 Å². The molecule has 0 spiro atoms. The molecule has 2 N–H and O–H groups in total. The molecule has 1 saturated heterocycles. The van der Waals surface area contributed by atoms with Crippen molar-refractivity contribution in [2.45, 2.75) is 50.5 Å². The van der Waals surface area contributed by atoms with Gasteiger partial charge in [-0.15, -0.1) is 0 Å². The van der Waals surface area contributed by atoms with Gasteiger partial charge in [0.1, 0.15) is 10.9 Å². The third-order valence-corrected chi connectivity index (χ3v) is 6.85. The molecule has 1 heterocycles. The van der Waals surface area contributed by atoms with Gasteiger partial charge in [-0.05, 0) is 44.9 Å². The number of halogens is 1. The molecule has 0 aliphatic carbocycles. The van der Waals surface area contributed by atoms with Gasteiger partial charge >= 0.3 is 0 Å². The van der Waals surface area contributed by atoms with E-state index in [2.05, 4.69) is 10.6 Å². The average Bonchev–Trinajstić information content (AvgIpc) is 2.92. The number of hydrogen-bond donors (Lipinski definition) is 2. The minimum Gasteiger partial charge on any atom is -0.355 e. The van der Waals surface area contributed by atoms with Crippen molar-refractivity contribution < 1.29 is 18.0 Å². The predicted octanol–water partition coefficient (Wildman–Crippen LogP) is 2.16. The zero-order valence-corrected chi connectivity index (χ0v) is 17.2. The molecule has 9 heteroatoms. The van der Waals surface area contributed by atoms with Crippen LogP contribution in [0.15, 0.2) is 23.1 Å². The molecule has 1 aliphatic heterocycles. The number of hydrogen-bond acceptors (Lipinski definition) is 4. The molecule has 2 amide bonds. The van der Waals surface area contributed by atoms with E-state index in [4.69, 9.17) is 11.6 Å². The van der Waals surface area contributed by atoms with Crippen molar-refractivity contribution in [1.82, 2.24) is 14.9 Å². The molecule has 0 saturated carbocycles. The van der Waals surface area contributed by atoms with E-state index in [0.29, 0.717) is 19.6 Å². The Balaban J connectivity index is 2.24. The van der Waals surface area contributed by atoms with Crippen LogP contribution in [0.25, 0.3) is 0 Å². The van der Waals surface area contributed by atoms with Crippen LogP contribution in [0.3, 0.4) is 0 Å². The predicted molar refractivity (Wildman–Crippen MR) is 104 cm³/mol. The summed E-state index contributed by atoms with van der Waals surface area (Å²) in [4.78, 5) is 24.1. The molecule has 0 aromatic heterocycles. The monoisotopic (exact) mass is 415 g/mol. The number of rotatable bonds is 6. The second kappa shape index (κ2) is 9.52. The standard InChI is InChI=1S/C18H26ClN3O4S/c1-3-20-17(23)13(2)21-18(24)14-8-9-15(19)16(12-14)27(25,26)22-10-6-4-5-7-11-22/h8-9,12-13H,3-7,10-11H2,1-2H3,(H,20,23)(H,21,24). The zero-order chi connectivity index (χ0) is 20.0. The third-order valence-electron chi connectivity index (χ3n) is 4.47. The van der Waals surface area contributed by atoms with E-state index in [0.717, 1.165) is 25.7 Å². The first-order chi connectivity index (χ1) is 12.8. The molecule has 1 fully saturated rings. The summed E-state index contributed by atoms with van der Waals surface area (Å²) in [6.45, 7) is 4.70. The lowest BCUT2D eigenvalue weighted by atomic mass is 10.2. The number of amides is 2. The van der Waals surface area contributed by atoms with Gasteiger partial charge in [-0.3, -0.25) is 9.59 Å². The van der Waals surface area contributed by atoms with Crippen molar-refractivity contribution in [3.8, 4) is 0 Å². The lowest BCUT2D eigenvalue weighted by Crippen LogP contribution is -2.44. The Morgan fingerprint density at radius 1 is 1.19 bits per heavy atom. The number of sulfonamides is 1. The van der Waals surface area contributed by atoms with E-state index in [-0.39, 0.29) is 21.4 Å². The topological polar surface area (TPSA) is 95.6 Å². The molecular formula is C18H26ClN3O4S. The summed E-state index contributed by atoms with van der Waals surface area (Å²) in [6, 6.07) is 3.39. The van der Waals surface area contributed by atoms with Crippen molar-refractivity contribution in [2.75, 3.05) is 19.6 Å². The lowest BCUT2D eigenvalue weighted by molar-refractivity contribution is -0.122. The van der Waals surface area contributed by atoms with Crippen LogP contribution in [0.4, 0.5) is 0 Å². The van der Waals surface area contributed by atoms with Gasteiger partial charge in [0.05, 0.1) is 5.02 Å². The molecule has 2 rings (SSSR count). The van der Waals surface area contributed by atoms with Crippen molar-refractivity contribution >= 4 is 33.4 Å². The zero-order valence-electron chi connectivity index (χ0n) is 15.6. The maximum absolute atomic E-state index is 13.0. The number of nitrogens with one attached hydrogen (secondary N) is 2. The van der Waals surface area contributed by atoms with Gasteiger partial charge in [0, 0.05) is 25.2 Å². The van der Waals surface area contributed by atoms with E-state index in [1.54, 1.807) is 13.8 Å². The molecule has 1 aliphatic rings. The Morgan fingerprint density at radius 2 is 1.81 bits per heavy atom. The molecule has 27 heavy (non-hydrogen) atoms. The quantitative estimate of drug-likeness (QED) is 0.744. The van der Waals surface area contributed by atoms with Crippen LogP contribution in [0.1, 0.15) is 49.9 Å². The van der Waals surface area contributed by atoms with E-state index < -0.39 is 22.0 Å². The second-order valence-corrected chi connectivity index (χ2v) is 8.87. The fraction of sp³-hybridized carbons (Fsp3) is 0.556. The Bertz CT molecular complexity index is 790. The highest BCUT2D eigenvalue weighted by molar-refractivity contribution is 7.89. The summed E-state index contributed by atoms with van der Waals surface area (Å²) >= 11 is 6.14. The van der Waals surface area contributed by atoms with Crippen molar-refractivity contribution in [1.29, 1.82) is 0 Å². The van der Waals surface area contributed by atoms with Crippen molar-refractivity contribution in [3.63, 3.8) is 0 Å². The van der Waals surface area contributed by atoms with E-state index in [9.17, 15) is 18.0 Å². The Labute approximate surface area is 165 Å². The minimum absolute atomic E-state index is 0.0765. The SMILES string of the molecule is CCNC(=O)C(C)NC(=O)c1ccc(Cl)c(S(=O)(=O)N2CCCCCC2)c1. The van der Waals surface area contributed by atoms with Crippen LogP contribution < -0.4 is 10.6 Å². The molecule has 1 atom stereocenters. The van der Waals surface area contributed by atoms with Crippen LogP contribution in [0.2, 0.25) is 5.02 Å². The van der Waals surface area contributed by atoms with Crippen LogP contribution in [-0.2, 0) is 14.8 Å². The molecule has 0 radical (unpaired) electrons. The van der Waals surface area contributed by atoms with E-state index in [1.807, 2.05) is 0 Å². The summed E-state index contributed by atoms with van der Waals surface area (Å²) in [7, 11) is -3.78. The number of benzene rings is 1. The second-order valence-electron chi connectivity index (χ2n) is 6.55. The highest BCUT2D eigenvalue weighted by Gasteiger charge is 2.28. The summed E-state index contributed by atoms with van der Waals surface area (Å²) in [5.41, 5.74) is 0.143. The van der Waals surface area contributed by atoms with Gasteiger partial charge in [-0.2, -0.15) is 4.31 Å². The summed E-state index contributed by atoms with van der Waals surface area (Å²) in [5, 5.41) is 5.26. The first-order valence-electron chi connectivity index (χ1n) is 9.15. The smallest absolute Gasteiger partial charge is 0.251 e. The highest BCUT2D eigenvalue weighted by atomic mass is 35.5. The Kier molecular flexibility index (Phi) is 7.64. The minimum atomic E-state index is -3.78. The summed E-state index contributed by atoms with van der Waals surface area (Å²) < 4.78 is 27.4. The first-order valence-corrected chi connectivity index (χ1v) is 11.0. The maximum Gasteiger partial charge on any atom is 0.251 e. The normalized spacial score (nSPS) is 17.0. The number of carbonyl (C=O) groups is 2. The Morgan fingerprint density at radius 3 is 2.41 bits per heavy atom. The number of likely N-dealkylation sites (N-methyl/N-ethyl adjacent to an activating group) is 1. The fourth-order valence-electron chi connectivity index (χ4n) is 2.94. The molecule has 1 unspecified atom stereocenters. The molecule has 7 nitrogen and oxygen atoms in total. The molecular weight excluding hydrogens is 390 g/mol. The number of carbonyl (C=O) groups excluding carboxylic acids is 2. The maximum atomic E-state index is 13.0. The third kappa shape index (κ3) is 5.43. The van der Waals surface area contributed by atoms with Gasteiger partial charge in [0.2, 0.25) is 15.9 Å². The number of nitrogens with zero attached hydrogens (tertiary/aromatic N) is 1. The van der Waals surface area contributed by atoms with Crippen molar-refractivity contribution in [2.24, 2.45) is 0 Å². The molecule has 0 bridgehead atoms. The van der Waals surface area contributed by atoms with Gasteiger partial charge in [0.15, 0.2) is 0 Å². The molecule has 1 aromatic carbocycles. The van der Waals surface area contributed by atoms with Gasteiger partial charge in [-0.1, -0.05) is 24.4 Å². The average molecular weight is 416 g/mol. The van der Waals surface area contributed by atoms with Crippen LogP contribution >= 0.6 is 11.6 Å². The van der Waals surface area contributed by atoms with E-state index >= 15 is 0 Å². The summed E-state index contributed by atoms with van der Waals surface area (Å²) in [6.07, 6.45) is 3.61. The lowest BCUT2D eigenvalue weighted by Gasteiger charge is -2.21. The Hall–Kier alpha value is -1.64.